The lowest BCUT2D eigenvalue weighted by molar-refractivity contribution is 0.0729. The van der Waals surface area contributed by atoms with E-state index in [2.05, 4.69) is 4.98 Å². The number of aryl methyl sites for hydroxylation is 1. The molecule has 0 fully saturated rings. The van der Waals surface area contributed by atoms with Gasteiger partial charge < -0.3 is 4.74 Å². The van der Waals surface area contributed by atoms with Gasteiger partial charge in [-0.1, -0.05) is 23.2 Å². The van der Waals surface area contributed by atoms with Crippen molar-refractivity contribution in [1.29, 1.82) is 0 Å². The van der Waals surface area contributed by atoms with E-state index in [1.807, 2.05) is 0 Å². The largest absolute Gasteiger partial charge is 0.420 e. The van der Waals surface area contributed by atoms with Crippen molar-refractivity contribution >= 4 is 40.2 Å². The number of fused-ring (bicyclic) bond motifs is 1. The number of aromatic nitrogens is 3. The van der Waals surface area contributed by atoms with E-state index >= 15 is 0 Å². The lowest BCUT2D eigenvalue weighted by Gasteiger charge is -2.09. The highest BCUT2D eigenvalue weighted by Gasteiger charge is 2.16. The van der Waals surface area contributed by atoms with Crippen molar-refractivity contribution in [2.24, 2.45) is 14.1 Å². The predicted molar refractivity (Wildman–Crippen MR) is 93.6 cm³/mol. The van der Waals surface area contributed by atoms with Gasteiger partial charge in [0.15, 0.2) is 5.69 Å². The molecular weight excluding hydrogens is 369 g/mol. The molecule has 128 valence electrons. The summed E-state index contributed by atoms with van der Waals surface area (Å²) in [5, 5.41) is 0.785. The molecule has 0 aliphatic heterocycles. The van der Waals surface area contributed by atoms with Crippen LogP contribution in [0.15, 0.2) is 39.9 Å². The number of hydrogen-bond acceptors (Lipinski definition) is 5. The first-order valence-electron chi connectivity index (χ1n) is 7.03. The first-order valence-corrected chi connectivity index (χ1v) is 7.79. The summed E-state index contributed by atoms with van der Waals surface area (Å²) >= 11 is 11.8. The molecule has 0 aliphatic rings. The third-order valence-electron chi connectivity index (χ3n) is 3.61. The van der Waals surface area contributed by atoms with Crippen molar-refractivity contribution < 1.29 is 9.53 Å². The molecule has 25 heavy (non-hydrogen) atoms. The van der Waals surface area contributed by atoms with E-state index in [-0.39, 0.29) is 27.5 Å². The molecule has 0 saturated heterocycles. The first-order chi connectivity index (χ1) is 11.8. The number of pyridine rings is 1. The molecule has 3 rings (SSSR count). The molecule has 0 unspecified atom stereocenters. The SMILES string of the molecule is Cn1c(=O)c2ccc(C(=O)Oc3ccc(Cl)cc3Cl)nc2n(C)c1=O. The standard InChI is InChI=1S/C16H11Cl2N3O4/c1-20-13-9(14(22)21(2)16(20)24)4-5-11(19-13)15(23)25-12-6-3-8(17)7-10(12)18/h3-7H,1-2H3. The fourth-order valence-electron chi connectivity index (χ4n) is 2.28. The number of esters is 1. The Hall–Kier alpha value is -2.64. The van der Waals surface area contributed by atoms with Crippen LogP contribution in [0, 0.1) is 0 Å². The third kappa shape index (κ3) is 3.04. The Kier molecular flexibility index (Phi) is 4.36. The zero-order valence-electron chi connectivity index (χ0n) is 13.1. The van der Waals surface area contributed by atoms with Crippen molar-refractivity contribution in [1.82, 2.24) is 14.1 Å². The quantitative estimate of drug-likeness (QED) is 0.503. The van der Waals surface area contributed by atoms with Gasteiger partial charge >= 0.3 is 11.7 Å². The maximum atomic E-state index is 12.3. The van der Waals surface area contributed by atoms with E-state index in [1.165, 1.54) is 49.0 Å². The van der Waals surface area contributed by atoms with E-state index in [9.17, 15) is 14.4 Å². The van der Waals surface area contributed by atoms with Crippen LogP contribution < -0.4 is 16.0 Å². The molecule has 0 radical (unpaired) electrons. The second kappa shape index (κ2) is 6.34. The van der Waals surface area contributed by atoms with Crippen molar-refractivity contribution in [3.8, 4) is 5.75 Å². The summed E-state index contributed by atoms with van der Waals surface area (Å²) in [4.78, 5) is 40.5. The number of benzene rings is 1. The summed E-state index contributed by atoms with van der Waals surface area (Å²) in [6, 6.07) is 7.18. The summed E-state index contributed by atoms with van der Waals surface area (Å²) < 4.78 is 7.35. The first kappa shape index (κ1) is 17.2. The highest BCUT2D eigenvalue weighted by molar-refractivity contribution is 6.35. The molecule has 2 heterocycles. The van der Waals surface area contributed by atoms with Crippen molar-refractivity contribution in [3.05, 3.63) is 66.9 Å². The van der Waals surface area contributed by atoms with Crippen LogP contribution in [0.2, 0.25) is 10.0 Å². The second-order valence-corrected chi connectivity index (χ2v) is 6.08. The molecular formula is C16H11Cl2N3O4. The monoisotopic (exact) mass is 379 g/mol. The van der Waals surface area contributed by atoms with Crippen molar-refractivity contribution in [2.45, 2.75) is 0 Å². The average Bonchev–Trinajstić information content (AvgIpc) is 2.60. The molecule has 0 saturated carbocycles. The maximum Gasteiger partial charge on any atom is 0.362 e. The Balaban J connectivity index is 2.06. The van der Waals surface area contributed by atoms with Gasteiger partial charge in [0.2, 0.25) is 0 Å². The van der Waals surface area contributed by atoms with Gasteiger partial charge in [-0.15, -0.1) is 0 Å². The number of ether oxygens (including phenoxy) is 1. The van der Waals surface area contributed by atoms with Gasteiger partial charge in [-0.3, -0.25) is 13.9 Å². The topological polar surface area (TPSA) is 83.2 Å². The van der Waals surface area contributed by atoms with Crippen LogP contribution >= 0.6 is 23.2 Å². The van der Waals surface area contributed by atoms with Crippen LogP contribution in [0.25, 0.3) is 11.0 Å². The van der Waals surface area contributed by atoms with Gasteiger partial charge in [-0.05, 0) is 30.3 Å². The van der Waals surface area contributed by atoms with Gasteiger partial charge in [0.05, 0.1) is 10.4 Å². The average molecular weight is 380 g/mol. The lowest BCUT2D eigenvalue weighted by atomic mass is 10.2. The minimum atomic E-state index is -0.778. The molecule has 0 atom stereocenters. The summed E-state index contributed by atoms with van der Waals surface area (Å²) in [5.41, 5.74) is -1.02. The zero-order valence-corrected chi connectivity index (χ0v) is 14.6. The van der Waals surface area contributed by atoms with Crippen LogP contribution in [-0.4, -0.2) is 20.1 Å². The predicted octanol–water partition coefficient (Wildman–Crippen LogP) is 2.16. The molecule has 0 amide bonds. The molecule has 2 aromatic heterocycles. The fourth-order valence-corrected chi connectivity index (χ4v) is 2.73. The van der Waals surface area contributed by atoms with Crippen molar-refractivity contribution in [2.75, 3.05) is 0 Å². The van der Waals surface area contributed by atoms with Crippen LogP contribution in [0.5, 0.6) is 5.75 Å². The van der Waals surface area contributed by atoms with Gasteiger partial charge in [0, 0.05) is 19.1 Å². The summed E-state index contributed by atoms with van der Waals surface area (Å²) in [5.74, 6) is -0.657. The highest BCUT2D eigenvalue weighted by Crippen LogP contribution is 2.28. The van der Waals surface area contributed by atoms with E-state index in [0.717, 1.165) is 4.57 Å². The van der Waals surface area contributed by atoms with Crippen LogP contribution in [-0.2, 0) is 14.1 Å². The van der Waals surface area contributed by atoms with E-state index in [1.54, 1.807) is 0 Å². The van der Waals surface area contributed by atoms with E-state index < -0.39 is 17.2 Å². The molecule has 0 aliphatic carbocycles. The van der Waals surface area contributed by atoms with Gasteiger partial charge in [-0.25, -0.2) is 14.6 Å². The highest BCUT2D eigenvalue weighted by atomic mass is 35.5. The molecule has 7 nitrogen and oxygen atoms in total. The fraction of sp³-hybridized carbons (Fsp3) is 0.125. The normalized spacial score (nSPS) is 10.9. The van der Waals surface area contributed by atoms with E-state index in [0.29, 0.717) is 5.02 Å². The maximum absolute atomic E-state index is 12.3. The zero-order chi connectivity index (χ0) is 18.3. The second-order valence-electron chi connectivity index (χ2n) is 5.24. The Morgan fingerprint density at radius 3 is 2.48 bits per heavy atom. The van der Waals surface area contributed by atoms with Gasteiger partial charge in [0.1, 0.15) is 11.4 Å². The number of carbonyl (C=O) groups is 1. The molecule has 1 aromatic carbocycles. The van der Waals surface area contributed by atoms with E-state index in [4.69, 9.17) is 27.9 Å². The molecule has 0 spiro atoms. The molecule has 3 aromatic rings. The number of halogens is 2. The van der Waals surface area contributed by atoms with Crippen LogP contribution in [0.1, 0.15) is 10.5 Å². The van der Waals surface area contributed by atoms with Gasteiger partial charge in [-0.2, -0.15) is 0 Å². The number of nitrogens with zero attached hydrogens (tertiary/aromatic N) is 3. The Morgan fingerprint density at radius 2 is 1.80 bits per heavy atom. The summed E-state index contributed by atoms with van der Waals surface area (Å²) in [6.45, 7) is 0. The Labute approximate surface area is 151 Å². The van der Waals surface area contributed by atoms with Crippen molar-refractivity contribution in [3.63, 3.8) is 0 Å². The summed E-state index contributed by atoms with van der Waals surface area (Å²) in [7, 11) is 2.83. The number of rotatable bonds is 2. The number of hydrogen-bond donors (Lipinski definition) is 0. The lowest BCUT2D eigenvalue weighted by Crippen LogP contribution is -2.37. The molecule has 9 heteroatoms. The van der Waals surface area contributed by atoms with Gasteiger partial charge in [0.25, 0.3) is 5.56 Å². The van der Waals surface area contributed by atoms with Crippen LogP contribution in [0.3, 0.4) is 0 Å². The molecule has 0 N–H and O–H groups in total. The van der Waals surface area contributed by atoms with Crippen LogP contribution in [0.4, 0.5) is 0 Å². The smallest absolute Gasteiger partial charge is 0.362 e. The Morgan fingerprint density at radius 1 is 1.08 bits per heavy atom. The number of carbonyl (C=O) groups excluding carboxylic acids is 1. The minimum absolute atomic E-state index is 0.0678. The third-order valence-corrected chi connectivity index (χ3v) is 4.14. The summed E-state index contributed by atoms with van der Waals surface area (Å²) in [6.07, 6.45) is 0. The minimum Gasteiger partial charge on any atom is -0.420 e. The molecule has 0 bridgehead atoms. The Bertz CT molecular complexity index is 1130.